The summed E-state index contributed by atoms with van der Waals surface area (Å²) >= 11 is 5.90. The van der Waals surface area contributed by atoms with Crippen LogP contribution in [0.4, 0.5) is 21.6 Å². The summed E-state index contributed by atoms with van der Waals surface area (Å²) in [5, 5.41) is 6.69. The minimum absolute atomic E-state index is 0.00556. The highest BCUT2D eigenvalue weighted by Gasteiger charge is 2.47. The van der Waals surface area contributed by atoms with E-state index in [9.17, 15) is 9.18 Å². The molecule has 2 aromatic carbocycles. The second-order valence-electron chi connectivity index (χ2n) is 8.92. The minimum Gasteiger partial charge on any atom is -0.494 e. The van der Waals surface area contributed by atoms with Gasteiger partial charge in [0.1, 0.15) is 23.7 Å². The largest absolute Gasteiger partial charge is 0.494 e. The predicted octanol–water partition coefficient (Wildman–Crippen LogP) is 5.16. The molecular formula is C25H25ClFN5O2. The first-order chi connectivity index (χ1) is 16.4. The zero-order valence-corrected chi connectivity index (χ0v) is 19.5. The van der Waals surface area contributed by atoms with Gasteiger partial charge < -0.3 is 15.4 Å². The highest BCUT2D eigenvalue weighted by Crippen LogP contribution is 2.52. The van der Waals surface area contributed by atoms with Crippen molar-refractivity contribution in [3.05, 3.63) is 59.7 Å². The number of aromatic nitrogens is 2. The van der Waals surface area contributed by atoms with E-state index in [1.165, 1.54) is 44.8 Å². The molecule has 1 aromatic heterocycles. The Morgan fingerprint density at radius 1 is 1.26 bits per heavy atom. The summed E-state index contributed by atoms with van der Waals surface area (Å²) in [4.78, 5) is 23.6. The van der Waals surface area contributed by atoms with Gasteiger partial charge in [-0.2, -0.15) is 0 Å². The Kier molecular flexibility index (Phi) is 6.10. The van der Waals surface area contributed by atoms with Gasteiger partial charge in [0, 0.05) is 36.3 Å². The van der Waals surface area contributed by atoms with Crippen LogP contribution in [0.15, 0.2) is 48.8 Å². The number of carbonyl (C=O) groups is 1. The van der Waals surface area contributed by atoms with Crippen molar-refractivity contribution in [2.75, 3.05) is 37.4 Å². The average molecular weight is 482 g/mol. The number of methoxy groups -OCH3 is 1. The summed E-state index contributed by atoms with van der Waals surface area (Å²) in [5.74, 6) is 0.234. The molecular weight excluding hydrogens is 457 g/mol. The number of benzene rings is 2. The lowest BCUT2D eigenvalue weighted by Crippen LogP contribution is -2.21. The third-order valence-electron chi connectivity index (χ3n) is 6.50. The Morgan fingerprint density at radius 3 is 2.85 bits per heavy atom. The lowest BCUT2D eigenvalue weighted by Gasteiger charge is -2.14. The first kappa shape index (κ1) is 22.6. The number of rotatable bonds is 7. The Bertz CT molecular complexity index is 1280. The highest BCUT2D eigenvalue weighted by molar-refractivity contribution is 6.31. The van der Waals surface area contributed by atoms with Crippen LogP contribution in [0.5, 0.6) is 5.75 Å². The quantitative estimate of drug-likeness (QED) is 0.454. The molecule has 1 saturated carbocycles. The van der Waals surface area contributed by atoms with Crippen LogP contribution in [0.25, 0.3) is 10.9 Å². The topological polar surface area (TPSA) is 79.4 Å². The van der Waals surface area contributed by atoms with Gasteiger partial charge in [-0.25, -0.2) is 14.4 Å². The zero-order chi connectivity index (χ0) is 23.7. The van der Waals surface area contributed by atoms with Gasteiger partial charge in [0.25, 0.3) is 0 Å². The molecule has 1 saturated heterocycles. The number of amides is 1. The molecule has 1 aliphatic carbocycles. The second-order valence-corrected chi connectivity index (χ2v) is 9.33. The molecule has 7 nitrogen and oxygen atoms in total. The monoisotopic (exact) mass is 481 g/mol. The van der Waals surface area contributed by atoms with Crippen LogP contribution in [0.1, 0.15) is 19.3 Å². The Labute approximate surface area is 202 Å². The van der Waals surface area contributed by atoms with E-state index in [0.717, 1.165) is 19.6 Å². The summed E-state index contributed by atoms with van der Waals surface area (Å²) < 4.78 is 19.0. The number of nitrogens with zero attached hydrogens (tertiary/aromatic N) is 3. The van der Waals surface area contributed by atoms with Crippen molar-refractivity contribution in [2.45, 2.75) is 19.3 Å². The summed E-state index contributed by atoms with van der Waals surface area (Å²) in [7, 11) is 1.54. The lowest BCUT2D eigenvalue weighted by molar-refractivity contribution is -0.111. The molecule has 2 aliphatic rings. The third kappa shape index (κ3) is 4.83. The molecule has 1 amide bonds. The Balaban J connectivity index is 1.33. The molecule has 176 valence electrons. The Hall–Kier alpha value is -3.23. The number of hydrogen-bond acceptors (Lipinski definition) is 6. The molecule has 9 heteroatoms. The van der Waals surface area contributed by atoms with Gasteiger partial charge in [0.15, 0.2) is 0 Å². The lowest BCUT2D eigenvalue weighted by atomic mass is 10.1. The molecule has 1 spiro atoms. The van der Waals surface area contributed by atoms with Crippen LogP contribution in [0.2, 0.25) is 5.02 Å². The number of anilines is 3. The number of fused-ring (bicyclic) bond motifs is 1. The predicted molar refractivity (Wildman–Crippen MR) is 131 cm³/mol. The maximum Gasteiger partial charge on any atom is 0.248 e. The first-order valence-corrected chi connectivity index (χ1v) is 11.6. The molecule has 1 aliphatic heterocycles. The van der Waals surface area contributed by atoms with Gasteiger partial charge in [-0.15, -0.1) is 0 Å². The fraction of sp³-hybridized carbons (Fsp3) is 0.320. The van der Waals surface area contributed by atoms with Crippen LogP contribution in [0.3, 0.4) is 0 Å². The molecule has 0 atom stereocenters. The molecule has 2 heterocycles. The van der Waals surface area contributed by atoms with Crippen molar-refractivity contribution < 1.29 is 13.9 Å². The van der Waals surface area contributed by atoms with Crippen molar-refractivity contribution in [3.63, 3.8) is 0 Å². The molecule has 2 N–H and O–H groups in total. The van der Waals surface area contributed by atoms with Gasteiger partial charge in [0.05, 0.1) is 23.3 Å². The van der Waals surface area contributed by atoms with E-state index in [0.29, 0.717) is 39.3 Å². The third-order valence-corrected chi connectivity index (χ3v) is 6.79. The smallest absolute Gasteiger partial charge is 0.248 e. The summed E-state index contributed by atoms with van der Waals surface area (Å²) in [6.45, 7) is 3.00. The minimum atomic E-state index is -0.501. The molecule has 0 unspecified atom stereocenters. The van der Waals surface area contributed by atoms with Crippen molar-refractivity contribution in [2.24, 2.45) is 5.41 Å². The van der Waals surface area contributed by atoms with Gasteiger partial charge >= 0.3 is 0 Å². The van der Waals surface area contributed by atoms with Crippen LogP contribution in [-0.4, -0.2) is 47.5 Å². The van der Waals surface area contributed by atoms with Crippen molar-refractivity contribution in [1.82, 2.24) is 14.9 Å². The molecule has 34 heavy (non-hydrogen) atoms. The Morgan fingerprint density at radius 2 is 2.12 bits per heavy atom. The standard InChI is InChI=1S/C25H25ClFN5O2/c1-34-22-13-20-17(24(29-15-28-20)30-16-4-5-19(27)18(26)11-16)12-21(22)31-23(33)3-2-9-32-10-8-25(14-32)6-7-25/h2-5,11-13,15H,6-10,14H2,1H3,(H,31,33)(H,28,29,30)/b3-2+. The number of halogens is 2. The van der Waals surface area contributed by atoms with Gasteiger partial charge in [-0.05, 0) is 55.5 Å². The first-order valence-electron chi connectivity index (χ1n) is 11.2. The van der Waals surface area contributed by atoms with E-state index < -0.39 is 5.82 Å². The normalized spacial score (nSPS) is 16.9. The second kappa shape index (κ2) is 9.19. The summed E-state index contributed by atoms with van der Waals surface area (Å²) in [6, 6.07) is 7.82. The van der Waals surface area contributed by atoms with E-state index in [-0.39, 0.29) is 10.9 Å². The molecule has 2 fully saturated rings. The maximum absolute atomic E-state index is 13.5. The van der Waals surface area contributed by atoms with Crippen molar-refractivity contribution in [1.29, 1.82) is 0 Å². The number of nitrogens with one attached hydrogen (secondary N) is 2. The van der Waals surface area contributed by atoms with E-state index in [4.69, 9.17) is 16.3 Å². The molecule has 3 aromatic rings. The van der Waals surface area contributed by atoms with E-state index in [1.54, 1.807) is 24.3 Å². The van der Waals surface area contributed by atoms with E-state index >= 15 is 0 Å². The number of hydrogen-bond donors (Lipinski definition) is 2. The molecule has 5 rings (SSSR count). The van der Waals surface area contributed by atoms with Crippen molar-refractivity contribution >= 4 is 45.6 Å². The van der Waals surface area contributed by atoms with Crippen LogP contribution < -0.4 is 15.4 Å². The number of likely N-dealkylation sites (tertiary alicyclic amines) is 1. The van der Waals surface area contributed by atoms with E-state index in [1.807, 2.05) is 6.08 Å². The van der Waals surface area contributed by atoms with Gasteiger partial charge in [-0.1, -0.05) is 17.7 Å². The highest BCUT2D eigenvalue weighted by atomic mass is 35.5. The molecule has 0 radical (unpaired) electrons. The summed E-state index contributed by atoms with van der Waals surface area (Å²) in [6.07, 6.45) is 8.82. The maximum atomic E-state index is 13.5. The average Bonchev–Trinajstić information content (AvgIpc) is 3.46. The van der Waals surface area contributed by atoms with Crippen LogP contribution in [0, 0.1) is 11.2 Å². The molecule has 0 bridgehead atoms. The van der Waals surface area contributed by atoms with Crippen LogP contribution >= 0.6 is 11.6 Å². The van der Waals surface area contributed by atoms with Crippen molar-refractivity contribution in [3.8, 4) is 5.75 Å². The number of ether oxygens (including phenoxy) is 1. The SMILES string of the molecule is COc1cc2ncnc(Nc3ccc(F)c(Cl)c3)c2cc1NC(=O)/C=C/CN1CCC2(CC2)C1. The van der Waals surface area contributed by atoms with Gasteiger partial charge in [-0.3, -0.25) is 9.69 Å². The van der Waals surface area contributed by atoms with E-state index in [2.05, 4.69) is 25.5 Å². The van der Waals surface area contributed by atoms with Gasteiger partial charge in [0.2, 0.25) is 5.91 Å². The number of carbonyl (C=O) groups excluding carboxylic acids is 1. The zero-order valence-electron chi connectivity index (χ0n) is 18.8. The van der Waals surface area contributed by atoms with Crippen LogP contribution in [-0.2, 0) is 4.79 Å². The fourth-order valence-electron chi connectivity index (χ4n) is 4.41. The fourth-order valence-corrected chi connectivity index (χ4v) is 4.59. The summed E-state index contributed by atoms with van der Waals surface area (Å²) in [5.41, 5.74) is 2.27.